The van der Waals surface area contributed by atoms with Gasteiger partial charge in [-0.2, -0.15) is 11.8 Å². The Labute approximate surface area is 108 Å². The lowest BCUT2D eigenvalue weighted by molar-refractivity contribution is 0.691. The first-order valence-electron chi connectivity index (χ1n) is 6.13. The second kappa shape index (κ2) is 5.74. The molecule has 0 bridgehead atoms. The van der Waals surface area contributed by atoms with Crippen molar-refractivity contribution < 1.29 is 0 Å². The molecule has 3 nitrogen and oxygen atoms in total. The second-order valence-electron chi connectivity index (χ2n) is 4.61. The van der Waals surface area contributed by atoms with Crippen molar-refractivity contribution in [1.29, 1.82) is 0 Å². The largest absolute Gasteiger partial charge is 0.370 e. The van der Waals surface area contributed by atoms with Gasteiger partial charge in [0.1, 0.15) is 0 Å². The van der Waals surface area contributed by atoms with Crippen molar-refractivity contribution >= 4 is 17.4 Å². The fourth-order valence-electron chi connectivity index (χ4n) is 2.25. The van der Waals surface area contributed by atoms with Gasteiger partial charge in [0.15, 0.2) is 0 Å². The first-order valence-corrected chi connectivity index (χ1v) is 7.28. The van der Waals surface area contributed by atoms with Crippen molar-refractivity contribution in [2.75, 3.05) is 30.5 Å². The minimum Gasteiger partial charge on any atom is -0.370 e. The molecule has 17 heavy (non-hydrogen) atoms. The third-order valence-electron chi connectivity index (χ3n) is 3.30. The molecule has 0 spiro atoms. The van der Waals surface area contributed by atoms with Crippen LogP contribution in [0.3, 0.4) is 0 Å². The first-order chi connectivity index (χ1) is 8.22. The summed E-state index contributed by atoms with van der Waals surface area (Å²) in [5, 5.41) is 3.22. The predicted octanol–water partition coefficient (Wildman–Crippen LogP) is 2.05. The molecule has 1 aliphatic rings. The summed E-state index contributed by atoms with van der Waals surface area (Å²) in [5.74, 6) is 2.54. The highest BCUT2D eigenvalue weighted by Gasteiger charge is 2.22. The molecule has 0 radical (unpaired) electrons. The summed E-state index contributed by atoms with van der Waals surface area (Å²) in [5.41, 5.74) is 3.72. The lowest BCUT2D eigenvalue weighted by Gasteiger charge is -2.28. The maximum absolute atomic E-state index is 4.40. The minimum atomic E-state index is 0.678. The quantitative estimate of drug-likeness (QED) is 0.886. The number of aryl methyl sites for hydroxylation is 1. The van der Waals surface area contributed by atoms with Gasteiger partial charge in [0.2, 0.25) is 0 Å². The summed E-state index contributed by atoms with van der Waals surface area (Å²) in [6.45, 7) is 2.94. The summed E-state index contributed by atoms with van der Waals surface area (Å²) in [7, 11) is 4.19. The van der Waals surface area contributed by atoms with Crippen LogP contribution in [0.4, 0.5) is 5.69 Å². The molecule has 94 valence electrons. The van der Waals surface area contributed by atoms with Crippen molar-refractivity contribution in [2.24, 2.45) is 0 Å². The predicted molar refractivity (Wildman–Crippen MR) is 75.9 cm³/mol. The molecule has 0 aliphatic carbocycles. The fourth-order valence-corrected chi connectivity index (χ4v) is 3.52. The highest BCUT2D eigenvalue weighted by molar-refractivity contribution is 7.99. The molecule has 0 amide bonds. The molecule has 4 heteroatoms. The number of nitrogens with one attached hydrogen (secondary N) is 1. The molecule has 2 rings (SSSR count). The van der Waals surface area contributed by atoms with E-state index in [2.05, 4.69) is 47.0 Å². The van der Waals surface area contributed by atoms with E-state index >= 15 is 0 Å². The van der Waals surface area contributed by atoms with Crippen LogP contribution in [0.25, 0.3) is 0 Å². The smallest absolute Gasteiger partial charge is 0.0445 e. The number of rotatable bonds is 4. The molecule has 1 atom stereocenters. The van der Waals surface area contributed by atoms with Crippen LogP contribution in [0, 0.1) is 6.92 Å². The van der Waals surface area contributed by atoms with Gasteiger partial charge in [0, 0.05) is 48.5 Å². The standard InChI is InChI=1S/C13H21N3S/c1-10-6-13(11(7-14-2)8-15-10)16(3)12-4-5-17-9-12/h6,8,12,14H,4-5,7,9H2,1-3H3. The Morgan fingerprint density at radius 2 is 2.41 bits per heavy atom. The van der Waals surface area contributed by atoms with E-state index in [4.69, 9.17) is 0 Å². The lowest BCUT2D eigenvalue weighted by atomic mass is 10.1. The second-order valence-corrected chi connectivity index (χ2v) is 5.76. The normalized spacial score (nSPS) is 19.6. The first kappa shape index (κ1) is 12.7. The molecule has 0 aromatic carbocycles. The zero-order valence-corrected chi connectivity index (χ0v) is 11.7. The topological polar surface area (TPSA) is 28.2 Å². The van der Waals surface area contributed by atoms with Crippen LogP contribution in [-0.2, 0) is 6.54 Å². The molecule has 2 heterocycles. The number of nitrogens with zero attached hydrogens (tertiary/aromatic N) is 2. The Morgan fingerprint density at radius 3 is 3.06 bits per heavy atom. The van der Waals surface area contributed by atoms with Crippen LogP contribution < -0.4 is 10.2 Å². The van der Waals surface area contributed by atoms with Gasteiger partial charge in [-0.25, -0.2) is 0 Å². The van der Waals surface area contributed by atoms with Crippen molar-refractivity contribution in [3.05, 3.63) is 23.5 Å². The van der Waals surface area contributed by atoms with Gasteiger partial charge in [-0.1, -0.05) is 0 Å². The molecule has 1 saturated heterocycles. The van der Waals surface area contributed by atoms with Gasteiger partial charge < -0.3 is 10.2 Å². The Hall–Kier alpha value is -0.740. The van der Waals surface area contributed by atoms with E-state index in [1.807, 2.05) is 13.2 Å². The van der Waals surface area contributed by atoms with Crippen LogP contribution in [-0.4, -0.2) is 36.6 Å². The van der Waals surface area contributed by atoms with Gasteiger partial charge in [0.25, 0.3) is 0 Å². The van der Waals surface area contributed by atoms with E-state index in [0.29, 0.717) is 6.04 Å². The Bertz CT molecular complexity index is 375. The molecular formula is C13H21N3S. The van der Waals surface area contributed by atoms with Crippen molar-refractivity contribution in [1.82, 2.24) is 10.3 Å². The SMILES string of the molecule is CNCc1cnc(C)cc1N(C)C1CCSC1. The van der Waals surface area contributed by atoms with Crippen molar-refractivity contribution in [2.45, 2.75) is 25.9 Å². The van der Waals surface area contributed by atoms with E-state index < -0.39 is 0 Å². The lowest BCUT2D eigenvalue weighted by Crippen LogP contribution is -2.32. The summed E-state index contributed by atoms with van der Waals surface area (Å²) in [6.07, 6.45) is 3.29. The fraction of sp³-hybridized carbons (Fsp3) is 0.615. The van der Waals surface area contributed by atoms with Crippen molar-refractivity contribution in [3.8, 4) is 0 Å². The summed E-state index contributed by atoms with van der Waals surface area (Å²) < 4.78 is 0. The van der Waals surface area contributed by atoms with Crippen LogP contribution >= 0.6 is 11.8 Å². The highest BCUT2D eigenvalue weighted by Crippen LogP contribution is 2.28. The molecule has 1 unspecified atom stereocenters. The van der Waals surface area contributed by atoms with E-state index in [-0.39, 0.29) is 0 Å². The van der Waals surface area contributed by atoms with Gasteiger partial charge in [0.05, 0.1) is 0 Å². The van der Waals surface area contributed by atoms with E-state index in [9.17, 15) is 0 Å². The van der Waals surface area contributed by atoms with E-state index in [1.165, 1.54) is 29.2 Å². The number of hydrogen-bond acceptors (Lipinski definition) is 4. The third-order valence-corrected chi connectivity index (χ3v) is 4.44. The van der Waals surface area contributed by atoms with E-state index in [0.717, 1.165) is 12.2 Å². The molecule has 1 aromatic rings. The van der Waals surface area contributed by atoms with Crippen molar-refractivity contribution in [3.63, 3.8) is 0 Å². The summed E-state index contributed by atoms with van der Waals surface area (Å²) in [6, 6.07) is 2.88. The average Bonchev–Trinajstić information content (AvgIpc) is 2.84. The molecule has 1 aliphatic heterocycles. The third kappa shape index (κ3) is 2.93. The van der Waals surface area contributed by atoms with Gasteiger partial charge in [-0.3, -0.25) is 4.98 Å². The van der Waals surface area contributed by atoms with Crippen LogP contribution in [0.15, 0.2) is 12.3 Å². The maximum atomic E-state index is 4.40. The molecule has 1 N–H and O–H groups in total. The molecule has 1 fully saturated rings. The van der Waals surface area contributed by atoms with Gasteiger partial charge >= 0.3 is 0 Å². The number of aromatic nitrogens is 1. The molecule has 1 aromatic heterocycles. The average molecular weight is 251 g/mol. The summed E-state index contributed by atoms with van der Waals surface area (Å²) >= 11 is 2.06. The molecular weight excluding hydrogens is 230 g/mol. The minimum absolute atomic E-state index is 0.678. The van der Waals surface area contributed by atoms with Crippen LogP contribution in [0.1, 0.15) is 17.7 Å². The van der Waals surface area contributed by atoms with Crippen LogP contribution in [0.5, 0.6) is 0 Å². The van der Waals surface area contributed by atoms with Gasteiger partial charge in [-0.05, 0) is 32.2 Å². The number of thioether (sulfide) groups is 1. The Kier molecular flexibility index (Phi) is 4.29. The summed E-state index contributed by atoms with van der Waals surface area (Å²) in [4.78, 5) is 6.83. The van der Waals surface area contributed by atoms with Gasteiger partial charge in [-0.15, -0.1) is 0 Å². The van der Waals surface area contributed by atoms with E-state index in [1.54, 1.807) is 0 Å². The zero-order valence-electron chi connectivity index (χ0n) is 10.9. The highest BCUT2D eigenvalue weighted by atomic mass is 32.2. The monoisotopic (exact) mass is 251 g/mol. The Morgan fingerprint density at radius 1 is 1.59 bits per heavy atom. The number of pyridine rings is 1. The maximum Gasteiger partial charge on any atom is 0.0445 e. The Balaban J connectivity index is 2.24. The number of hydrogen-bond donors (Lipinski definition) is 1. The van der Waals surface area contributed by atoms with Crippen LogP contribution in [0.2, 0.25) is 0 Å². The zero-order chi connectivity index (χ0) is 12.3. The molecule has 0 saturated carbocycles. The number of anilines is 1.